The fraction of sp³-hybridized carbons (Fsp3) is 0.133. The van der Waals surface area contributed by atoms with Crippen molar-refractivity contribution >= 4 is 46.4 Å². The van der Waals surface area contributed by atoms with Crippen molar-refractivity contribution in [2.45, 2.75) is 18.8 Å². The van der Waals surface area contributed by atoms with E-state index in [9.17, 15) is 23.2 Å². The largest absolute Gasteiger partial charge is 0.322 e. The zero-order valence-corrected chi connectivity index (χ0v) is 22.4. The molecule has 1 N–H and O–H groups in total. The van der Waals surface area contributed by atoms with E-state index in [0.29, 0.717) is 16.3 Å². The minimum Gasteiger partial charge on any atom is -0.322 e. The lowest BCUT2D eigenvalue weighted by Crippen LogP contribution is -2.57. The first-order valence-electron chi connectivity index (χ1n) is 12.6. The zero-order chi connectivity index (χ0) is 30.0. The third-order valence-corrected chi connectivity index (χ3v) is 7.29. The number of hydrogen-bond acceptors (Lipinski definition) is 4. The third-order valence-electron chi connectivity index (χ3n) is 7.08. The maximum atomic E-state index is 15.3. The summed E-state index contributed by atoms with van der Waals surface area (Å²) in [6, 6.07) is 15.8. The van der Waals surface area contributed by atoms with E-state index in [1.807, 2.05) is 0 Å². The van der Waals surface area contributed by atoms with Crippen molar-refractivity contribution in [2.24, 2.45) is 5.41 Å². The van der Waals surface area contributed by atoms with Gasteiger partial charge in [-0.1, -0.05) is 32.7 Å². The summed E-state index contributed by atoms with van der Waals surface area (Å²) >= 11 is 5.89. The number of carbonyl (C=O) groups excluding carboxylic acids is 3. The molecular weight excluding hydrogens is 576 g/mol. The molecule has 1 heterocycles. The Morgan fingerprint density at radius 2 is 1.29 bits per heavy atom. The first-order chi connectivity index (χ1) is 20.1. The van der Waals surface area contributed by atoms with Gasteiger partial charge >= 0.3 is 0 Å². The molecule has 7 nitrogen and oxygen atoms in total. The van der Waals surface area contributed by atoms with Gasteiger partial charge in [0.2, 0.25) is 0 Å². The van der Waals surface area contributed by atoms with Crippen LogP contribution >= 0.6 is 11.6 Å². The summed E-state index contributed by atoms with van der Waals surface area (Å²) in [5, 5.41) is 2.41. The molecule has 0 saturated heterocycles. The standard InChI is InChI=1S/C30H21ClF4N4O3/c31-21-13-19(16-36-17-21)27(40)37-24-7-1-18(2-8-24)20-14-30(15-20,28(41)38(34)25-9-3-22(32)4-10-25)29(42)39(35)26-11-5-23(33)6-12-26/h1-13,16-17,20H,14-15H2,(H,37,40). The molecule has 1 aromatic heterocycles. The van der Waals surface area contributed by atoms with Gasteiger partial charge in [0.25, 0.3) is 17.7 Å². The molecule has 0 spiro atoms. The zero-order valence-electron chi connectivity index (χ0n) is 21.6. The number of aromatic nitrogens is 1. The van der Waals surface area contributed by atoms with Gasteiger partial charge in [0, 0.05) is 18.1 Å². The summed E-state index contributed by atoms with van der Waals surface area (Å²) in [5.41, 5.74) is -1.45. The van der Waals surface area contributed by atoms with E-state index in [0.717, 1.165) is 48.5 Å². The summed E-state index contributed by atoms with van der Waals surface area (Å²) in [5.74, 6) is -4.85. The Morgan fingerprint density at radius 1 is 0.786 bits per heavy atom. The van der Waals surface area contributed by atoms with Crippen molar-refractivity contribution < 1.29 is 32.1 Å². The fourth-order valence-corrected chi connectivity index (χ4v) is 4.96. The predicted molar refractivity (Wildman–Crippen MR) is 148 cm³/mol. The molecule has 5 rings (SSSR count). The Hall–Kier alpha value is -4.77. The first kappa shape index (κ1) is 28.7. The molecule has 3 aromatic carbocycles. The Kier molecular flexibility index (Phi) is 7.95. The van der Waals surface area contributed by atoms with Crippen molar-refractivity contribution in [3.63, 3.8) is 0 Å². The number of anilines is 3. The molecule has 42 heavy (non-hydrogen) atoms. The number of amides is 3. The number of carbonyl (C=O) groups is 3. The monoisotopic (exact) mass is 596 g/mol. The van der Waals surface area contributed by atoms with Gasteiger partial charge in [0.1, 0.15) is 17.0 Å². The number of halogens is 5. The van der Waals surface area contributed by atoms with Crippen LogP contribution in [0.3, 0.4) is 0 Å². The number of hydrogen-bond donors (Lipinski definition) is 1. The van der Waals surface area contributed by atoms with Crippen LogP contribution in [0.2, 0.25) is 5.02 Å². The number of nitrogens with one attached hydrogen (secondary N) is 1. The molecule has 0 bridgehead atoms. The topological polar surface area (TPSA) is 82.6 Å². The van der Waals surface area contributed by atoms with Crippen LogP contribution in [-0.2, 0) is 9.59 Å². The van der Waals surface area contributed by atoms with E-state index in [-0.39, 0.29) is 40.0 Å². The summed E-state index contributed by atoms with van der Waals surface area (Å²) in [7, 11) is 0. The van der Waals surface area contributed by atoms with Crippen molar-refractivity contribution in [3.8, 4) is 0 Å². The van der Waals surface area contributed by atoms with Gasteiger partial charge in [0.05, 0.1) is 22.0 Å². The molecule has 4 aromatic rings. The molecule has 0 atom stereocenters. The second kappa shape index (κ2) is 11.6. The van der Waals surface area contributed by atoms with Crippen LogP contribution in [0, 0.1) is 17.0 Å². The van der Waals surface area contributed by atoms with Crippen LogP contribution in [0.4, 0.5) is 34.8 Å². The lowest BCUT2D eigenvalue weighted by Gasteiger charge is -2.46. The van der Waals surface area contributed by atoms with E-state index >= 15 is 8.96 Å². The average molecular weight is 597 g/mol. The normalized spacial score (nSPS) is 14.0. The van der Waals surface area contributed by atoms with E-state index in [1.54, 1.807) is 24.3 Å². The lowest BCUT2D eigenvalue weighted by molar-refractivity contribution is -0.151. The maximum Gasteiger partial charge on any atom is 0.270 e. The summed E-state index contributed by atoms with van der Waals surface area (Å²) in [6.45, 7) is 0. The van der Waals surface area contributed by atoms with Crippen LogP contribution in [-0.4, -0.2) is 22.7 Å². The third kappa shape index (κ3) is 5.68. The summed E-state index contributed by atoms with van der Waals surface area (Å²) in [4.78, 5) is 43.1. The minimum atomic E-state index is -2.14. The van der Waals surface area contributed by atoms with Gasteiger partial charge in [-0.15, -0.1) is 10.2 Å². The van der Waals surface area contributed by atoms with E-state index < -0.39 is 40.7 Å². The van der Waals surface area contributed by atoms with Crippen molar-refractivity contribution in [1.29, 1.82) is 0 Å². The lowest BCUT2D eigenvalue weighted by atomic mass is 9.58. The van der Waals surface area contributed by atoms with Crippen LogP contribution in [0.25, 0.3) is 0 Å². The number of pyridine rings is 1. The Morgan fingerprint density at radius 3 is 1.76 bits per heavy atom. The van der Waals surface area contributed by atoms with Crippen molar-refractivity contribution in [1.82, 2.24) is 4.98 Å². The van der Waals surface area contributed by atoms with E-state index in [2.05, 4.69) is 10.3 Å². The molecule has 1 aliphatic carbocycles. The molecule has 3 amide bonds. The van der Waals surface area contributed by atoms with E-state index in [4.69, 9.17) is 11.6 Å². The molecule has 1 fully saturated rings. The summed E-state index contributed by atoms with van der Waals surface area (Å²) in [6.07, 6.45) is 2.27. The second-order valence-electron chi connectivity index (χ2n) is 9.78. The van der Waals surface area contributed by atoms with Crippen LogP contribution in [0.15, 0.2) is 91.3 Å². The number of nitrogens with zero attached hydrogens (tertiary/aromatic N) is 3. The molecular formula is C30H21ClF4N4O3. The highest BCUT2D eigenvalue weighted by Crippen LogP contribution is 2.54. The molecule has 0 aliphatic heterocycles. The van der Waals surface area contributed by atoms with Crippen LogP contribution < -0.4 is 15.6 Å². The highest BCUT2D eigenvalue weighted by Gasteiger charge is 2.60. The van der Waals surface area contributed by atoms with Gasteiger partial charge in [-0.3, -0.25) is 19.4 Å². The van der Waals surface area contributed by atoms with Gasteiger partial charge in [-0.05, 0) is 91.1 Å². The van der Waals surface area contributed by atoms with Gasteiger partial charge in [-0.25, -0.2) is 8.78 Å². The van der Waals surface area contributed by atoms with E-state index in [1.165, 1.54) is 18.5 Å². The quantitative estimate of drug-likeness (QED) is 0.142. The van der Waals surface area contributed by atoms with Gasteiger partial charge in [-0.2, -0.15) is 0 Å². The minimum absolute atomic E-state index is 0.242. The number of benzene rings is 3. The molecule has 12 heteroatoms. The Balaban J connectivity index is 1.36. The first-order valence-corrected chi connectivity index (χ1v) is 13.0. The van der Waals surface area contributed by atoms with Gasteiger partial charge < -0.3 is 5.32 Å². The molecule has 0 unspecified atom stereocenters. The van der Waals surface area contributed by atoms with Gasteiger partial charge in [0.15, 0.2) is 0 Å². The van der Waals surface area contributed by atoms with Crippen molar-refractivity contribution in [3.05, 3.63) is 119 Å². The SMILES string of the molecule is O=C(Nc1ccc(C2CC(C(=O)N(F)c3ccc(F)cc3)(C(=O)N(F)c3ccc(F)cc3)C2)cc1)c1cncc(Cl)c1. The highest BCUT2D eigenvalue weighted by molar-refractivity contribution is 6.30. The molecule has 1 saturated carbocycles. The van der Waals surface area contributed by atoms with Crippen LogP contribution in [0.1, 0.15) is 34.7 Å². The molecule has 214 valence electrons. The highest BCUT2D eigenvalue weighted by atomic mass is 35.5. The average Bonchev–Trinajstić information content (AvgIpc) is 2.97. The second-order valence-corrected chi connectivity index (χ2v) is 10.2. The predicted octanol–water partition coefficient (Wildman–Crippen LogP) is 6.96. The van der Waals surface area contributed by atoms with Crippen molar-refractivity contribution in [2.75, 3.05) is 15.6 Å². The number of rotatable bonds is 7. The smallest absolute Gasteiger partial charge is 0.270 e. The molecule has 1 aliphatic rings. The van der Waals surface area contributed by atoms with Crippen LogP contribution in [0.5, 0.6) is 0 Å². The molecule has 0 radical (unpaired) electrons. The summed E-state index contributed by atoms with van der Waals surface area (Å²) < 4.78 is 57.3. The maximum absolute atomic E-state index is 15.3. The Bertz CT molecular complexity index is 1560. The fourth-order valence-electron chi connectivity index (χ4n) is 4.79. The Labute approximate surface area is 242 Å².